The Hall–Kier alpha value is -5.47. The number of unbranched alkanes of at least 4 members (excludes halogenated alkanes) is 2. The number of anilines is 1. The molecular formula is C36H41N5O12S2. The Balaban J connectivity index is 0.000000876. The molecule has 0 saturated carbocycles. The summed E-state index contributed by atoms with van der Waals surface area (Å²) in [7, 11) is -10.8. The number of hydrogen-bond donors (Lipinski definition) is 5. The maximum atomic E-state index is 12.9. The first-order chi connectivity index (χ1) is 25.8. The third-order valence-corrected chi connectivity index (χ3v) is 10.9. The number of imide groups is 1. The SMILES string of the molecule is CC[NH+](CC)CC.Nc1ccc2c(-c3ccc(C(=O)NCCCCCN4C(=O)C=CC4=O)cc3C(=O)O)c3ccc(=[NH2+])c(S(=O)(=O)[O-])c-3oc2c1S(=O)(=O)[O-]. The van der Waals surface area contributed by atoms with E-state index in [1.807, 2.05) is 0 Å². The number of carboxylic acid groups (broad SMARTS) is 1. The number of nitrogens with one attached hydrogen (secondary N) is 2. The van der Waals surface area contributed by atoms with Gasteiger partial charge in [-0.25, -0.2) is 21.6 Å². The third-order valence-electron chi connectivity index (χ3n) is 9.05. The van der Waals surface area contributed by atoms with E-state index in [2.05, 4.69) is 26.1 Å². The minimum Gasteiger partial charge on any atom is -0.744 e. The summed E-state index contributed by atoms with van der Waals surface area (Å²) in [6, 6.07) is 8.07. The van der Waals surface area contributed by atoms with E-state index >= 15 is 0 Å². The van der Waals surface area contributed by atoms with E-state index in [-0.39, 0.29) is 40.7 Å². The molecule has 0 spiro atoms. The molecule has 0 saturated heterocycles. The normalized spacial score (nSPS) is 13.1. The highest BCUT2D eigenvalue weighted by Crippen LogP contribution is 2.45. The van der Waals surface area contributed by atoms with E-state index in [1.54, 1.807) is 4.90 Å². The molecular weight excluding hydrogens is 759 g/mol. The molecule has 55 heavy (non-hydrogen) atoms. The molecule has 0 aromatic heterocycles. The number of quaternary nitrogens is 1. The molecule has 3 aliphatic rings. The molecule has 1 aliphatic carbocycles. The van der Waals surface area contributed by atoms with Crippen LogP contribution in [0.2, 0.25) is 0 Å². The molecule has 2 heterocycles. The average Bonchev–Trinajstić information content (AvgIpc) is 3.43. The molecule has 19 heteroatoms. The van der Waals surface area contributed by atoms with Crippen LogP contribution in [0.4, 0.5) is 5.69 Å². The van der Waals surface area contributed by atoms with Crippen molar-refractivity contribution in [1.82, 2.24) is 10.2 Å². The predicted molar refractivity (Wildman–Crippen MR) is 195 cm³/mol. The lowest BCUT2D eigenvalue weighted by atomic mass is 9.89. The number of benzene rings is 3. The van der Waals surface area contributed by atoms with Gasteiger partial charge in [-0.15, -0.1) is 0 Å². The van der Waals surface area contributed by atoms with Crippen LogP contribution in [0.1, 0.15) is 60.7 Å². The number of fused-ring (bicyclic) bond motifs is 2. The first-order valence-electron chi connectivity index (χ1n) is 17.2. The number of nitrogen functional groups attached to an aromatic ring is 1. The van der Waals surface area contributed by atoms with Crippen molar-refractivity contribution >= 4 is 60.6 Å². The molecule has 0 unspecified atom stereocenters. The summed E-state index contributed by atoms with van der Waals surface area (Å²) in [4.78, 5) is 49.4. The Labute approximate surface area is 316 Å². The van der Waals surface area contributed by atoms with E-state index in [0.717, 1.165) is 23.1 Å². The number of nitrogens with two attached hydrogens (primary N) is 2. The van der Waals surface area contributed by atoms with Crippen LogP contribution in [-0.2, 0) is 29.8 Å². The van der Waals surface area contributed by atoms with Gasteiger partial charge in [-0.2, -0.15) is 0 Å². The van der Waals surface area contributed by atoms with Gasteiger partial charge in [0.05, 0.1) is 30.9 Å². The number of hydrogen-bond acceptors (Lipinski definition) is 12. The van der Waals surface area contributed by atoms with Crippen LogP contribution < -0.4 is 26.7 Å². The molecule has 0 fully saturated rings. The fourth-order valence-electron chi connectivity index (χ4n) is 6.16. The molecule has 0 atom stereocenters. The molecule has 17 nitrogen and oxygen atoms in total. The average molecular weight is 800 g/mol. The summed E-state index contributed by atoms with van der Waals surface area (Å²) in [6.07, 6.45) is 3.91. The lowest BCUT2D eigenvalue weighted by Crippen LogP contribution is -3.11. The van der Waals surface area contributed by atoms with Crippen molar-refractivity contribution in [3.05, 3.63) is 71.1 Å². The Bertz CT molecular complexity index is 2420. The van der Waals surface area contributed by atoms with E-state index in [1.165, 1.54) is 56.1 Å². The molecule has 294 valence electrons. The zero-order valence-electron chi connectivity index (χ0n) is 30.2. The van der Waals surface area contributed by atoms with Gasteiger partial charge in [0.25, 0.3) is 17.7 Å². The first kappa shape index (κ1) is 42.3. The summed E-state index contributed by atoms with van der Waals surface area (Å²) >= 11 is 0. The van der Waals surface area contributed by atoms with Crippen molar-refractivity contribution in [2.45, 2.75) is 49.8 Å². The third kappa shape index (κ3) is 9.43. The second kappa shape index (κ2) is 17.3. The summed E-state index contributed by atoms with van der Waals surface area (Å²) < 4.78 is 79.1. The van der Waals surface area contributed by atoms with Crippen molar-refractivity contribution in [2.24, 2.45) is 0 Å². The number of carbonyl (C=O) groups is 4. The van der Waals surface area contributed by atoms with Gasteiger partial charge < -0.3 is 34.6 Å². The Morgan fingerprint density at radius 3 is 2.02 bits per heavy atom. The molecule has 2 aromatic rings. The molecule has 0 bridgehead atoms. The lowest BCUT2D eigenvalue weighted by Gasteiger charge is -2.22. The van der Waals surface area contributed by atoms with Crippen molar-refractivity contribution in [1.29, 1.82) is 0 Å². The van der Waals surface area contributed by atoms with Gasteiger partial charge in [-0.05, 0) is 75.9 Å². The van der Waals surface area contributed by atoms with Crippen LogP contribution in [0.15, 0.2) is 68.8 Å². The number of aromatic carboxylic acids is 1. The standard InChI is InChI=1S/C30H26N4O12S2.C6H15N/c31-20-8-6-17-24(18-7-9-21(32)28(48(43,44)45)26(18)46-25(17)27(20)47(40,41)42)16-5-4-15(14-19(16)30(38)39)29(37)33-12-2-1-3-13-34-22(35)10-11-23(34)36;1-4-7(5-2)6-3/h4-11,14,31H,1-3,12-13,32H2,(H,33,37)(H,38,39)(H,40,41,42)(H,43,44,45);4-6H2,1-3H3. The van der Waals surface area contributed by atoms with Gasteiger partial charge in [0, 0.05) is 53.4 Å². The van der Waals surface area contributed by atoms with Gasteiger partial charge >= 0.3 is 5.97 Å². The summed E-state index contributed by atoms with van der Waals surface area (Å²) in [5, 5.41) is 17.9. The van der Waals surface area contributed by atoms with Crippen LogP contribution in [0, 0.1) is 0 Å². The monoisotopic (exact) mass is 799 g/mol. The van der Waals surface area contributed by atoms with Gasteiger partial charge in [0.15, 0.2) is 16.2 Å². The Morgan fingerprint density at radius 1 is 0.873 bits per heavy atom. The topological polar surface area (TPSA) is 287 Å². The lowest BCUT2D eigenvalue weighted by molar-refractivity contribution is -0.894. The van der Waals surface area contributed by atoms with Crippen LogP contribution in [0.3, 0.4) is 0 Å². The maximum absolute atomic E-state index is 12.9. The fraction of sp³-hybridized carbons (Fsp3) is 0.306. The maximum Gasteiger partial charge on any atom is 0.336 e. The number of rotatable bonds is 14. The Kier molecular flexibility index (Phi) is 13.3. The highest BCUT2D eigenvalue weighted by molar-refractivity contribution is 7.86. The summed E-state index contributed by atoms with van der Waals surface area (Å²) in [6.45, 7) is 10.9. The van der Waals surface area contributed by atoms with E-state index in [0.29, 0.717) is 19.3 Å². The second-order valence-corrected chi connectivity index (χ2v) is 15.1. The quantitative estimate of drug-likeness (QED) is 0.0361. The highest BCUT2D eigenvalue weighted by atomic mass is 32.2. The predicted octanol–water partition coefficient (Wildman–Crippen LogP) is -0.291. The van der Waals surface area contributed by atoms with Crippen molar-refractivity contribution in [3.8, 4) is 22.5 Å². The fourth-order valence-corrected chi connectivity index (χ4v) is 7.63. The van der Waals surface area contributed by atoms with Crippen LogP contribution in [0.5, 0.6) is 0 Å². The number of nitrogens with zero attached hydrogens (tertiary/aromatic N) is 1. The minimum absolute atomic E-state index is 0.0798. The van der Waals surface area contributed by atoms with Crippen molar-refractivity contribution in [2.75, 3.05) is 38.5 Å². The molecule has 5 rings (SSSR count). The van der Waals surface area contributed by atoms with Crippen LogP contribution in [-0.4, -0.2) is 92.4 Å². The Morgan fingerprint density at radius 2 is 1.47 bits per heavy atom. The van der Waals surface area contributed by atoms with Crippen molar-refractivity contribution in [3.63, 3.8) is 0 Å². The van der Waals surface area contributed by atoms with Crippen molar-refractivity contribution < 1.29 is 65.0 Å². The first-order valence-corrected chi connectivity index (χ1v) is 20.0. The molecule has 2 aliphatic heterocycles. The molecule has 0 radical (unpaired) electrons. The van der Waals surface area contributed by atoms with Gasteiger partial charge in [0.1, 0.15) is 25.1 Å². The molecule has 3 amide bonds. The van der Waals surface area contributed by atoms with E-state index in [4.69, 9.17) is 15.6 Å². The smallest absolute Gasteiger partial charge is 0.336 e. The number of carboxylic acids is 1. The molecule has 7 N–H and O–H groups in total. The van der Waals surface area contributed by atoms with E-state index < -0.39 is 81.7 Å². The summed E-state index contributed by atoms with van der Waals surface area (Å²) in [5.41, 5.74) is 3.39. The largest absolute Gasteiger partial charge is 0.744 e. The highest BCUT2D eigenvalue weighted by Gasteiger charge is 2.30. The van der Waals surface area contributed by atoms with Crippen LogP contribution in [0.25, 0.3) is 33.4 Å². The van der Waals surface area contributed by atoms with Crippen LogP contribution >= 0.6 is 0 Å². The zero-order valence-corrected chi connectivity index (χ0v) is 31.8. The summed E-state index contributed by atoms with van der Waals surface area (Å²) in [5.74, 6) is -3.72. The van der Waals surface area contributed by atoms with Gasteiger partial charge in [-0.3, -0.25) is 24.7 Å². The van der Waals surface area contributed by atoms with E-state index in [9.17, 15) is 50.2 Å². The minimum atomic E-state index is -5.39. The zero-order chi connectivity index (χ0) is 40.8. The number of carbonyl (C=O) groups excluding carboxylic acids is 3. The van der Waals surface area contributed by atoms with Gasteiger partial charge in [0.2, 0.25) is 5.36 Å². The number of amides is 3. The molecule has 2 aromatic carbocycles. The van der Waals surface area contributed by atoms with Gasteiger partial charge in [-0.1, -0.05) is 6.07 Å². The second-order valence-electron chi connectivity index (χ2n) is 12.5.